The molecule has 3 heteroatoms. The van der Waals surface area contributed by atoms with Gasteiger partial charge in [-0.1, -0.05) is 0 Å². The lowest BCUT2D eigenvalue weighted by atomic mass is 9.86. The van der Waals surface area contributed by atoms with Gasteiger partial charge in [0.25, 0.3) is 0 Å². The molecule has 1 heterocycles. The quantitative estimate of drug-likeness (QED) is 0.788. The van der Waals surface area contributed by atoms with Gasteiger partial charge in [-0.3, -0.25) is 4.90 Å². The van der Waals surface area contributed by atoms with Crippen molar-refractivity contribution in [1.82, 2.24) is 10.2 Å². The number of piperidine rings is 1. The van der Waals surface area contributed by atoms with Crippen molar-refractivity contribution >= 4 is 0 Å². The molecule has 0 amide bonds. The summed E-state index contributed by atoms with van der Waals surface area (Å²) in [7, 11) is 1.86. The number of rotatable bonds is 5. The van der Waals surface area contributed by atoms with Gasteiger partial charge in [-0.05, 0) is 57.5 Å². The summed E-state index contributed by atoms with van der Waals surface area (Å²) in [6.45, 7) is 3.82. The third kappa shape index (κ3) is 2.83. The second-order valence-corrected chi connectivity index (χ2v) is 6.10. The SMILES string of the molecule is COC1CC(N(CC2CCNCC2)C2CC2)C1. The van der Waals surface area contributed by atoms with Gasteiger partial charge in [-0.15, -0.1) is 0 Å². The van der Waals surface area contributed by atoms with Crippen LogP contribution in [0.5, 0.6) is 0 Å². The molecule has 0 unspecified atom stereocenters. The van der Waals surface area contributed by atoms with Crippen LogP contribution in [0.3, 0.4) is 0 Å². The van der Waals surface area contributed by atoms with E-state index in [1.165, 1.54) is 58.2 Å². The van der Waals surface area contributed by atoms with Crippen molar-refractivity contribution in [3.05, 3.63) is 0 Å². The first-order valence-electron chi connectivity index (χ1n) is 7.36. The Hall–Kier alpha value is -0.120. The molecule has 0 aromatic carbocycles. The summed E-state index contributed by atoms with van der Waals surface area (Å²) in [5.74, 6) is 0.943. The maximum absolute atomic E-state index is 5.42. The van der Waals surface area contributed by atoms with Crippen LogP contribution in [0.1, 0.15) is 38.5 Å². The van der Waals surface area contributed by atoms with Gasteiger partial charge in [0.1, 0.15) is 0 Å². The fourth-order valence-electron chi connectivity index (χ4n) is 3.37. The molecular formula is C14H26N2O. The molecule has 2 aliphatic carbocycles. The molecule has 3 aliphatic rings. The van der Waals surface area contributed by atoms with Crippen LogP contribution < -0.4 is 5.32 Å². The van der Waals surface area contributed by atoms with Crippen LogP contribution in [0.15, 0.2) is 0 Å². The van der Waals surface area contributed by atoms with Crippen molar-refractivity contribution in [2.24, 2.45) is 5.92 Å². The van der Waals surface area contributed by atoms with Crippen LogP contribution in [0.2, 0.25) is 0 Å². The molecule has 0 spiro atoms. The van der Waals surface area contributed by atoms with Crippen LogP contribution >= 0.6 is 0 Å². The summed E-state index contributed by atoms with van der Waals surface area (Å²) in [6.07, 6.45) is 8.75. The van der Waals surface area contributed by atoms with Crippen LogP contribution in [-0.4, -0.2) is 49.8 Å². The zero-order valence-corrected chi connectivity index (χ0v) is 11.0. The minimum atomic E-state index is 0.550. The van der Waals surface area contributed by atoms with Crippen molar-refractivity contribution in [3.8, 4) is 0 Å². The number of hydrogen-bond donors (Lipinski definition) is 1. The lowest BCUT2D eigenvalue weighted by Gasteiger charge is -2.44. The largest absolute Gasteiger partial charge is 0.381 e. The molecule has 1 aliphatic heterocycles. The van der Waals surface area contributed by atoms with E-state index in [1.54, 1.807) is 0 Å². The lowest BCUT2D eigenvalue weighted by molar-refractivity contribution is -0.0355. The van der Waals surface area contributed by atoms with E-state index < -0.39 is 0 Å². The minimum Gasteiger partial charge on any atom is -0.381 e. The van der Waals surface area contributed by atoms with Crippen molar-refractivity contribution in [3.63, 3.8) is 0 Å². The first-order chi connectivity index (χ1) is 8.36. The topological polar surface area (TPSA) is 24.5 Å². The van der Waals surface area contributed by atoms with Gasteiger partial charge < -0.3 is 10.1 Å². The van der Waals surface area contributed by atoms with Gasteiger partial charge in [-0.25, -0.2) is 0 Å². The van der Waals surface area contributed by atoms with E-state index in [0.29, 0.717) is 6.10 Å². The summed E-state index contributed by atoms with van der Waals surface area (Å²) >= 11 is 0. The number of methoxy groups -OCH3 is 1. The third-order valence-electron chi connectivity index (χ3n) is 4.82. The smallest absolute Gasteiger partial charge is 0.0601 e. The molecule has 3 nitrogen and oxygen atoms in total. The van der Waals surface area contributed by atoms with E-state index in [4.69, 9.17) is 4.74 Å². The fourth-order valence-corrected chi connectivity index (χ4v) is 3.37. The molecule has 1 saturated heterocycles. The molecule has 0 aromatic heterocycles. The molecule has 3 fully saturated rings. The number of nitrogens with one attached hydrogen (secondary N) is 1. The molecule has 0 bridgehead atoms. The van der Waals surface area contributed by atoms with Gasteiger partial charge in [0, 0.05) is 25.7 Å². The zero-order chi connectivity index (χ0) is 11.7. The summed E-state index contributed by atoms with van der Waals surface area (Å²) in [5.41, 5.74) is 0. The molecule has 2 saturated carbocycles. The molecule has 98 valence electrons. The van der Waals surface area contributed by atoms with E-state index in [9.17, 15) is 0 Å². The van der Waals surface area contributed by atoms with E-state index in [1.807, 2.05) is 7.11 Å². The number of hydrogen-bond acceptors (Lipinski definition) is 3. The van der Waals surface area contributed by atoms with Crippen LogP contribution in [0, 0.1) is 5.92 Å². The van der Waals surface area contributed by atoms with Gasteiger partial charge in [0.2, 0.25) is 0 Å². The number of nitrogens with zero attached hydrogens (tertiary/aromatic N) is 1. The first-order valence-corrected chi connectivity index (χ1v) is 7.36. The van der Waals surface area contributed by atoms with Crippen molar-refractivity contribution in [2.75, 3.05) is 26.7 Å². The second kappa shape index (κ2) is 5.25. The summed E-state index contributed by atoms with van der Waals surface area (Å²) in [6, 6.07) is 1.76. The highest BCUT2D eigenvalue weighted by Gasteiger charge is 2.41. The highest BCUT2D eigenvalue weighted by atomic mass is 16.5. The van der Waals surface area contributed by atoms with E-state index in [0.717, 1.165) is 18.0 Å². The van der Waals surface area contributed by atoms with Crippen LogP contribution in [0.4, 0.5) is 0 Å². The Morgan fingerprint density at radius 2 is 1.76 bits per heavy atom. The maximum atomic E-state index is 5.42. The Kier molecular flexibility index (Phi) is 3.69. The van der Waals surface area contributed by atoms with E-state index in [-0.39, 0.29) is 0 Å². The molecule has 0 aromatic rings. The molecular weight excluding hydrogens is 212 g/mol. The summed E-state index contributed by atoms with van der Waals surface area (Å²) < 4.78 is 5.42. The van der Waals surface area contributed by atoms with Gasteiger partial charge in [-0.2, -0.15) is 0 Å². The van der Waals surface area contributed by atoms with Crippen LogP contribution in [-0.2, 0) is 4.74 Å². The van der Waals surface area contributed by atoms with Crippen LogP contribution in [0.25, 0.3) is 0 Å². The zero-order valence-electron chi connectivity index (χ0n) is 11.0. The molecule has 3 rings (SSSR count). The molecule has 1 N–H and O–H groups in total. The molecule has 0 atom stereocenters. The fraction of sp³-hybridized carbons (Fsp3) is 1.00. The van der Waals surface area contributed by atoms with Crippen molar-refractivity contribution in [1.29, 1.82) is 0 Å². The highest BCUT2D eigenvalue weighted by Crippen LogP contribution is 2.37. The Morgan fingerprint density at radius 1 is 1.06 bits per heavy atom. The highest BCUT2D eigenvalue weighted by molar-refractivity contribution is 4.96. The third-order valence-corrected chi connectivity index (χ3v) is 4.82. The monoisotopic (exact) mass is 238 g/mol. The lowest BCUT2D eigenvalue weighted by Crippen LogP contribution is -2.51. The average Bonchev–Trinajstić information content (AvgIpc) is 3.11. The van der Waals surface area contributed by atoms with Crippen molar-refractivity contribution in [2.45, 2.75) is 56.7 Å². The van der Waals surface area contributed by atoms with Gasteiger partial charge in [0.05, 0.1) is 6.10 Å². The standard InChI is InChI=1S/C14H26N2O/c1-17-14-8-13(9-14)16(12-2-3-12)10-11-4-6-15-7-5-11/h11-15H,2-10H2,1H3. The molecule has 17 heavy (non-hydrogen) atoms. The summed E-state index contributed by atoms with van der Waals surface area (Å²) in [5, 5.41) is 3.47. The van der Waals surface area contributed by atoms with Gasteiger partial charge >= 0.3 is 0 Å². The van der Waals surface area contributed by atoms with Crippen molar-refractivity contribution < 1.29 is 4.74 Å². The van der Waals surface area contributed by atoms with E-state index >= 15 is 0 Å². The number of ether oxygens (including phenoxy) is 1. The Balaban J connectivity index is 1.50. The molecule has 0 radical (unpaired) electrons. The first kappa shape index (κ1) is 11.9. The predicted octanol–water partition coefficient (Wildman–Crippen LogP) is 1.63. The second-order valence-electron chi connectivity index (χ2n) is 6.10. The van der Waals surface area contributed by atoms with E-state index in [2.05, 4.69) is 10.2 Å². The Bertz CT molecular complexity index is 243. The Morgan fingerprint density at radius 3 is 2.35 bits per heavy atom. The maximum Gasteiger partial charge on any atom is 0.0601 e. The summed E-state index contributed by atoms with van der Waals surface area (Å²) in [4.78, 5) is 2.82. The Labute approximate surface area is 105 Å². The normalized spacial score (nSPS) is 34.9. The average molecular weight is 238 g/mol. The predicted molar refractivity (Wildman–Crippen MR) is 69.1 cm³/mol. The van der Waals surface area contributed by atoms with Gasteiger partial charge in [0.15, 0.2) is 0 Å². The minimum absolute atomic E-state index is 0.550.